The second-order valence-corrected chi connectivity index (χ2v) is 6.39. The van der Waals surface area contributed by atoms with Gasteiger partial charge in [-0.2, -0.15) is 0 Å². The first-order valence-corrected chi connectivity index (χ1v) is 8.04. The molecule has 2 amide bonds. The van der Waals surface area contributed by atoms with Crippen LogP contribution in [0.3, 0.4) is 0 Å². The Labute approximate surface area is 141 Å². The van der Waals surface area contributed by atoms with Gasteiger partial charge in [0, 0.05) is 28.9 Å². The molecular weight excluding hydrogens is 309 g/mol. The van der Waals surface area contributed by atoms with Crippen LogP contribution >= 0.6 is 0 Å². The minimum atomic E-state index is -0.839. The van der Waals surface area contributed by atoms with E-state index in [0.29, 0.717) is 5.39 Å². The van der Waals surface area contributed by atoms with Crippen LogP contribution in [-0.2, 0) is 16.0 Å². The van der Waals surface area contributed by atoms with Gasteiger partial charge in [-0.05, 0) is 23.8 Å². The Balaban J connectivity index is 0.00000139. The van der Waals surface area contributed by atoms with Crippen LogP contribution in [-0.4, -0.2) is 22.8 Å². The molecule has 0 bridgehead atoms. The summed E-state index contributed by atoms with van der Waals surface area (Å²) in [5, 5.41) is 3.33. The van der Waals surface area contributed by atoms with Gasteiger partial charge in [0.1, 0.15) is 11.9 Å². The standard InChI is InChI=1S/C16H20FN3O2.C2H6/c1-16(2,3)15(22)20-13(14(18)21)6-9-8-19-12-5-4-10(17)7-11(9)12;1-2/h4-5,7-8,13,19H,6H2,1-3H3,(H2,18,21)(H,20,22);1-2H3/t13-;/m1./s1. The van der Waals surface area contributed by atoms with Crippen LogP contribution in [0.4, 0.5) is 4.39 Å². The molecule has 0 radical (unpaired) electrons. The van der Waals surface area contributed by atoms with Crippen molar-refractivity contribution in [2.24, 2.45) is 11.1 Å². The molecular formula is C18H26FN3O2. The number of nitrogens with two attached hydrogens (primary N) is 1. The van der Waals surface area contributed by atoms with Crippen molar-refractivity contribution in [3.63, 3.8) is 0 Å². The fourth-order valence-corrected chi connectivity index (χ4v) is 2.14. The highest BCUT2D eigenvalue weighted by Gasteiger charge is 2.27. The Kier molecular flexibility index (Phi) is 6.51. The molecule has 24 heavy (non-hydrogen) atoms. The lowest BCUT2D eigenvalue weighted by molar-refractivity contribution is -0.132. The molecule has 0 saturated heterocycles. The molecule has 2 rings (SSSR count). The third-order valence-electron chi connectivity index (χ3n) is 3.48. The van der Waals surface area contributed by atoms with Gasteiger partial charge in [-0.15, -0.1) is 0 Å². The number of fused-ring (bicyclic) bond motifs is 1. The van der Waals surface area contributed by atoms with Gasteiger partial charge in [0.05, 0.1) is 0 Å². The van der Waals surface area contributed by atoms with Crippen LogP contribution in [0.5, 0.6) is 0 Å². The smallest absolute Gasteiger partial charge is 0.240 e. The third kappa shape index (κ3) is 4.81. The maximum absolute atomic E-state index is 13.4. The number of carbonyl (C=O) groups excluding carboxylic acids is 2. The summed E-state index contributed by atoms with van der Waals surface area (Å²) in [7, 11) is 0. The number of aromatic nitrogens is 1. The van der Waals surface area contributed by atoms with Gasteiger partial charge in [0.15, 0.2) is 0 Å². The van der Waals surface area contributed by atoms with Gasteiger partial charge in [0.2, 0.25) is 11.8 Å². The minimum Gasteiger partial charge on any atom is -0.368 e. The Hall–Kier alpha value is -2.37. The number of halogens is 1. The minimum absolute atomic E-state index is 0.209. The fraction of sp³-hybridized carbons (Fsp3) is 0.444. The summed E-state index contributed by atoms with van der Waals surface area (Å²) in [6, 6.07) is 3.54. The van der Waals surface area contributed by atoms with E-state index in [9.17, 15) is 14.0 Å². The number of nitrogens with one attached hydrogen (secondary N) is 2. The van der Waals surface area contributed by atoms with Gasteiger partial charge in [-0.3, -0.25) is 9.59 Å². The molecule has 1 aromatic heterocycles. The highest BCUT2D eigenvalue weighted by Crippen LogP contribution is 2.21. The van der Waals surface area contributed by atoms with Gasteiger partial charge in [-0.1, -0.05) is 34.6 Å². The molecule has 1 aromatic carbocycles. The first-order chi connectivity index (χ1) is 11.2. The molecule has 5 nitrogen and oxygen atoms in total. The van der Waals surface area contributed by atoms with Gasteiger partial charge < -0.3 is 16.0 Å². The van der Waals surface area contributed by atoms with Crippen LogP contribution in [0.25, 0.3) is 10.9 Å². The molecule has 0 fully saturated rings. The van der Waals surface area contributed by atoms with Crippen molar-refractivity contribution >= 4 is 22.7 Å². The molecule has 0 saturated carbocycles. The lowest BCUT2D eigenvalue weighted by Crippen LogP contribution is -2.49. The Morgan fingerprint density at radius 3 is 2.46 bits per heavy atom. The van der Waals surface area contributed by atoms with Crippen molar-refractivity contribution in [1.29, 1.82) is 0 Å². The normalized spacial score (nSPS) is 12.2. The summed E-state index contributed by atoms with van der Waals surface area (Å²) in [6.07, 6.45) is 1.91. The van der Waals surface area contributed by atoms with Crippen LogP contribution in [0.2, 0.25) is 0 Å². The maximum atomic E-state index is 13.4. The molecule has 132 valence electrons. The molecule has 6 heteroatoms. The summed E-state index contributed by atoms with van der Waals surface area (Å²) in [5.41, 5.74) is 6.25. The fourth-order valence-electron chi connectivity index (χ4n) is 2.14. The number of primary amides is 1. The van der Waals surface area contributed by atoms with Crippen LogP contribution in [0, 0.1) is 11.2 Å². The van der Waals surface area contributed by atoms with Crippen molar-refractivity contribution in [3.05, 3.63) is 35.8 Å². The topological polar surface area (TPSA) is 88.0 Å². The first-order valence-electron chi connectivity index (χ1n) is 8.04. The number of hydrogen-bond donors (Lipinski definition) is 3. The second-order valence-electron chi connectivity index (χ2n) is 6.39. The number of carbonyl (C=O) groups is 2. The zero-order valence-electron chi connectivity index (χ0n) is 14.9. The first kappa shape index (κ1) is 19.7. The summed E-state index contributed by atoms with van der Waals surface area (Å²) in [6.45, 7) is 9.25. The molecule has 0 aliphatic carbocycles. The molecule has 1 atom stereocenters. The van der Waals surface area contributed by atoms with Crippen LogP contribution < -0.4 is 11.1 Å². The SMILES string of the molecule is CC.CC(C)(C)C(=O)N[C@H](Cc1c[nH]c2ccc(F)cc12)C(N)=O. The Bertz CT molecular complexity index is 717. The van der Waals surface area contributed by atoms with Crippen molar-refractivity contribution in [2.45, 2.75) is 47.1 Å². The van der Waals surface area contributed by atoms with Gasteiger partial charge in [-0.25, -0.2) is 4.39 Å². The number of hydrogen-bond acceptors (Lipinski definition) is 2. The highest BCUT2D eigenvalue weighted by molar-refractivity contribution is 5.90. The molecule has 0 aliphatic heterocycles. The predicted molar refractivity (Wildman–Crippen MR) is 93.9 cm³/mol. The largest absolute Gasteiger partial charge is 0.368 e. The van der Waals surface area contributed by atoms with Crippen LogP contribution in [0.1, 0.15) is 40.2 Å². The highest BCUT2D eigenvalue weighted by atomic mass is 19.1. The zero-order valence-corrected chi connectivity index (χ0v) is 14.9. The lowest BCUT2D eigenvalue weighted by atomic mass is 9.94. The number of aromatic amines is 1. The average molecular weight is 335 g/mol. The van der Waals surface area contributed by atoms with E-state index in [0.717, 1.165) is 11.1 Å². The van der Waals surface area contributed by atoms with E-state index in [2.05, 4.69) is 10.3 Å². The number of benzene rings is 1. The quantitative estimate of drug-likeness (QED) is 0.802. The number of rotatable bonds is 4. The average Bonchev–Trinajstić information content (AvgIpc) is 2.89. The summed E-state index contributed by atoms with van der Waals surface area (Å²) in [5.74, 6) is -1.24. The predicted octanol–water partition coefficient (Wildman–Crippen LogP) is 2.89. The molecule has 1 heterocycles. The Morgan fingerprint density at radius 1 is 1.29 bits per heavy atom. The molecule has 4 N–H and O–H groups in total. The number of amides is 2. The van der Waals surface area contributed by atoms with E-state index in [1.807, 2.05) is 13.8 Å². The zero-order chi connectivity index (χ0) is 18.5. The maximum Gasteiger partial charge on any atom is 0.240 e. The molecule has 0 aliphatic rings. The van der Waals surface area contributed by atoms with Crippen molar-refractivity contribution in [3.8, 4) is 0 Å². The summed E-state index contributed by atoms with van der Waals surface area (Å²) >= 11 is 0. The third-order valence-corrected chi connectivity index (χ3v) is 3.48. The second kappa shape index (κ2) is 7.95. The van der Waals surface area contributed by atoms with Crippen molar-refractivity contribution in [1.82, 2.24) is 10.3 Å². The van der Waals surface area contributed by atoms with Gasteiger partial charge >= 0.3 is 0 Å². The monoisotopic (exact) mass is 335 g/mol. The molecule has 2 aromatic rings. The van der Waals surface area contributed by atoms with Gasteiger partial charge in [0.25, 0.3) is 0 Å². The summed E-state index contributed by atoms with van der Waals surface area (Å²) in [4.78, 5) is 26.7. The number of H-pyrrole nitrogens is 1. The van der Waals surface area contributed by atoms with E-state index in [4.69, 9.17) is 5.73 Å². The van der Waals surface area contributed by atoms with E-state index >= 15 is 0 Å². The van der Waals surface area contributed by atoms with Crippen molar-refractivity contribution < 1.29 is 14.0 Å². The Morgan fingerprint density at radius 2 is 1.92 bits per heavy atom. The summed E-state index contributed by atoms with van der Waals surface area (Å²) < 4.78 is 13.4. The van der Waals surface area contributed by atoms with Crippen molar-refractivity contribution in [2.75, 3.05) is 0 Å². The van der Waals surface area contributed by atoms with E-state index in [1.54, 1.807) is 33.0 Å². The lowest BCUT2D eigenvalue weighted by Gasteiger charge is -2.22. The van der Waals surface area contributed by atoms with Crippen LogP contribution in [0.15, 0.2) is 24.4 Å². The van der Waals surface area contributed by atoms with E-state index in [1.165, 1.54) is 12.1 Å². The van der Waals surface area contributed by atoms with E-state index < -0.39 is 17.4 Å². The van der Waals surface area contributed by atoms with E-state index in [-0.39, 0.29) is 18.1 Å². The molecule has 0 unspecified atom stereocenters. The molecule has 0 spiro atoms.